The van der Waals surface area contributed by atoms with Crippen LogP contribution in [-0.2, 0) is 11.2 Å². The maximum Gasteiger partial charge on any atom is 0.242 e. The van der Waals surface area contributed by atoms with Gasteiger partial charge in [-0.05, 0) is 17.7 Å². The fourth-order valence-electron chi connectivity index (χ4n) is 1.90. The molecule has 0 bridgehead atoms. The Labute approximate surface area is 137 Å². The normalized spacial score (nSPS) is 10.5. The molecule has 0 saturated carbocycles. The molecule has 2 aromatic carbocycles. The van der Waals surface area contributed by atoms with E-state index in [0.29, 0.717) is 0 Å². The number of ether oxygens (including phenoxy) is 1. The third-order valence-corrected chi connectivity index (χ3v) is 3.12. The van der Waals surface area contributed by atoms with Gasteiger partial charge in [-0.15, -0.1) is 0 Å². The van der Waals surface area contributed by atoms with Crippen LogP contribution in [0.4, 0.5) is 32.0 Å². The summed E-state index contributed by atoms with van der Waals surface area (Å²) in [7, 11) is 1.25. The molecule has 0 fully saturated rings. The number of benzene rings is 2. The van der Waals surface area contributed by atoms with Gasteiger partial charge in [-0.2, -0.15) is 0 Å². The number of carbonyl (C=O) groups excluding carboxylic acids is 1. The van der Waals surface area contributed by atoms with Crippen molar-refractivity contribution in [3.8, 4) is 5.75 Å². The summed E-state index contributed by atoms with van der Waals surface area (Å²) in [5, 5.41) is 0. The molecule has 1 amide bonds. The van der Waals surface area contributed by atoms with Gasteiger partial charge in [-0.3, -0.25) is 15.6 Å². The predicted octanol–water partition coefficient (Wildman–Crippen LogP) is 3.22. The Kier molecular flexibility index (Phi) is 5.40. The maximum absolute atomic E-state index is 13.5. The van der Waals surface area contributed by atoms with Gasteiger partial charge in [0, 0.05) is 0 Å². The van der Waals surface area contributed by atoms with Gasteiger partial charge in [0.1, 0.15) is 5.69 Å². The van der Waals surface area contributed by atoms with Gasteiger partial charge in [0.05, 0.1) is 13.5 Å². The average molecular weight is 364 g/mol. The molecule has 134 valence electrons. The summed E-state index contributed by atoms with van der Waals surface area (Å²) in [6.45, 7) is 0. The van der Waals surface area contributed by atoms with Crippen LogP contribution in [0.5, 0.6) is 5.75 Å². The van der Waals surface area contributed by atoms with Crippen LogP contribution in [0.25, 0.3) is 0 Å². The van der Waals surface area contributed by atoms with Crippen molar-refractivity contribution >= 4 is 11.6 Å². The monoisotopic (exact) mass is 364 g/mol. The van der Waals surface area contributed by atoms with Crippen molar-refractivity contribution in [1.29, 1.82) is 0 Å². The summed E-state index contributed by atoms with van der Waals surface area (Å²) in [4.78, 5) is 11.7. The van der Waals surface area contributed by atoms with E-state index in [2.05, 4.69) is 0 Å². The first-order valence-corrected chi connectivity index (χ1v) is 6.65. The number of methoxy groups -OCH3 is 1. The van der Waals surface area contributed by atoms with Crippen LogP contribution < -0.4 is 15.6 Å². The Hall–Kier alpha value is -2.91. The summed E-state index contributed by atoms with van der Waals surface area (Å²) in [5.41, 5.74) is 2.18. The molecule has 2 N–H and O–H groups in total. The SMILES string of the molecule is COc1ccc(CC(=O)NNc2c(F)c(F)c(F)c(F)c2F)cc1F. The highest BCUT2D eigenvalue weighted by Crippen LogP contribution is 2.26. The number of halogens is 6. The first kappa shape index (κ1) is 18.4. The largest absolute Gasteiger partial charge is 0.494 e. The van der Waals surface area contributed by atoms with Gasteiger partial charge in [0.15, 0.2) is 34.8 Å². The van der Waals surface area contributed by atoms with E-state index in [4.69, 9.17) is 4.74 Å². The van der Waals surface area contributed by atoms with Crippen LogP contribution in [0.3, 0.4) is 0 Å². The van der Waals surface area contributed by atoms with Crippen LogP contribution in [0, 0.1) is 34.9 Å². The number of hydrogen-bond acceptors (Lipinski definition) is 3. The molecule has 10 heteroatoms. The smallest absolute Gasteiger partial charge is 0.242 e. The molecule has 2 rings (SSSR count). The highest BCUT2D eigenvalue weighted by atomic mass is 19.2. The minimum Gasteiger partial charge on any atom is -0.494 e. The number of nitrogens with one attached hydrogen (secondary N) is 2. The van der Waals surface area contributed by atoms with Crippen molar-refractivity contribution in [3.63, 3.8) is 0 Å². The molecule has 25 heavy (non-hydrogen) atoms. The van der Waals surface area contributed by atoms with Gasteiger partial charge in [0.25, 0.3) is 0 Å². The fraction of sp³-hybridized carbons (Fsp3) is 0.133. The summed E-state index contributed by atoms with van der Waals surface area (Å²) in [6, 6.07) is 3.62. The lowest BCUT2D eigenvalue weighted by atomic mass is 10.1. The van der Waals surface area contributed by atoms with Crippen molar-refractivity contribution in [2.24, 2.45) is 0 Å². The molecule has 2 aromatic rings. The lowest BCUT2D eigenvalue weighted by molar-refractivity contribution is -0.119. The Morgan fingerprint density at radius 2 is 1.52 bits per heavy atom. The average Bonchev–Trinajstić information content (AvgIpc) is 2.58. The van der Waals surface area contributed by atoms with Crippen LogP contribution in [0.2, 0.25) is 0 Å². The third-order valence-electron chi connectivity index (χ3n) is 3.12. The van der Waals surface area contributed by atoms with Crippen molar-refractivity contribution in [2.75, 3.05) is 12.5 Å². The second-order valence-electron chi connectivity index (χ2n) is 4.76. The lowest BCUT2D eigenvalue weighted by Crippen LogP contribution is -2.32. The van der Waals surface area contributed by atoms with Crippen molar-refractivity contribution < 1.29 is 35.9 Å². The fourth-order valence-corrected chi connectivity index (χ4v) is 1.90. The van der Waals surface area contributed by atoms with Crippen molar-refractivity contribution in [1.82, 2.24) is 5.43 Å². The highest BCUT2D eigenvalue weighted by Gasteiger charge is 2.26. The van der Waals surface area contributed by atoms with E-state index >= 15 is 0 Å². The molecule has 0 atom stereocenters. The quantitative estimate of drug-likeness (QED) is 0.371. The van der Waals surface area contributed by atoms with E-state index in [1.807, 2.05) is 0 Å². The maximum atomic E-state index is 13.5. The van der Waals surface area contributed by atoms with Gasteiger partial charge in [0.2, 0.25) is 11.7 Å². The molecule has 0 radical (unpaired) electrons. The standard InChI is InChI=1S/C15H10F6N2O2/c1-25-8-3-2-6(4-7(8)16)5-9(24)22-23-15-13(20)11(18)10(17)12(19)14(15)21/h2-4,23H,5H2,1H3,(H,22,24). The second-order valence-corrected chi connectivity index (χ2v) is 4.76. The van der Waals surface area contributed by atoms with E-state index in [-0.39, 0.29) is 11.3 Å². The first-order chi connectivity index (χ1) is 11.8. The summed E-state index contributed by atoms with van der Waals surface area (Å²) in [6.07, 6.45) is -0.427. The number of hydrazine groups is 1. The minimum absolute atomic E-state index is 0.0521. The molecular formula is C15H10F6N2O2. The molecule has 0 heterocycles. The zero-order chi connectivity index (χ0) is 18.7. The zero-order valence-corrected chi connectivity index (χ0v) is 12.5. The van der Waals surface area contributed by atoms with Gasteiger partial charge in [-0.25, -0.2) is 26.3 Å². The zero-order valence-electron chi connectivity index (χ0n) is 12.5. The molecule has 0 aromatic heterocycles. The molecule has 0 aliphatic heterocycles. The predicted molar refractivity (Wildman–Crippen MR) is 74.7 cm³/mol. The Bertz CT molecular complexity index is 799. The van der Waals surface area contributed by atoms with Crippen molar-refractivity contribution in [3.05, 3.63) is 58.7 Å². The van der Waals surface area contributed by atoms with Crippen LogP contribution in [0.15, 0.2) is 18.2 Å². The lowest BCUT2D eigenvalue weighted by Gasteiger charge is -2.12. The first-order valence-electron chi connectivity index (χ1n) is 6.65. The van der Waals surface area contributed by atoms with Gasteiger partial charge < -0.3 is 4.74 Å². The van der Waals surface area contributed by atoms with E-state index < -0.39 is 52.9 Å². The number of anilines is 1. The number of amides is 1. The van der Waals surface area contributed by atoms with E-state index in [9.17, 15) is 31.1 Å². The Morgan fingerprint density at radius 3 is 2.04 bits per heavy atom. The number of carbonyl (C=O) groups is 1. The number of hydrogen-bond donors (Lipinski definition) is 2. The van der Waals surface area contributed by atoms with E-state index in [1.54, 1.807) is 10.9 Å². The molecule has 4 nitrogen and oxygen atoms in total. The summed E-state index contributed by atoms with van der Waals surface area (Å²) < 4.78 is 84.0. The van der Waals surface area contributed by atoms with Crippen LogP contribution in [0.1, 0.15) is 5.56 Å². The Morgan fingerprint density at radius 1 is 0.960 bits per heavy atom. The van der Waals surface area contributed by atoms with Gasteiger partial charge >= 0.3 is 0 Å². The Balaban J connectivity index is 2.09. The van der Waals surface area contributed by atoms with Gasteiger partial charge in [-0.1, -0.05) is 6.07 Å². The van der Waals surface area contributed by atoms with Crippen LogP contribution >= 0.6 is 0 Å². The molecule has 0 aliphatic carbocycles. The highest BCUT2D eigenvalue weighted by molar-refractivity contribution is 5.80. The molecular weight excluding hydrogens is 354 g/mol. The topological polar surface area (TPSA) is 50.4 Å². The molecule has 0 unspecified atom stereocenters. The van der Waals surface area contributed by atoms with Crippen molar-refractivity contribution in [2.45, 2.75) is 6.42 Å². The molecule has 0 aliphatic rings. The minimum atomic E-state index is -2.32. The summed E-state index contributed by atoms with van der Waals surface area (Å²) >= 11 is 0. The molecule has 0 spiro atoms. The van der Waals surface area contributed by atoms with E-state index in [1.165, 1.54) is 19.2 Å². The molecule has 0 saturated heterocycles. The summed E-state index contributed by atoms with van der Waals surface area (Å²) in [5.74, 6) is -12.6. The second kappa shape index (κ2) is 7.32. The number of rotatable bonds is 5. The van der Waals surface area contributed by atoms with E-state index in [0.717, 1.165) is 6.07 Å². The third kappa shape index (κ3) is 3.78. The van der Waals surface area contributed by atoms with Crippen LogP contribution in [-0.4, -0.2) is 13.0 Å².